The number of hydrogen-bond donors (Lipinski definition) is 1. The van der Waals surface area contributed by atoms with Crippen LogP contribution in [-0.4, -0.2) is 66.0 Å². The van der Waals surface area contributed by atoms with Crippen LogP contribution in [0.2, 0.25) is 0 Å². The number of rotatable bonds is 4. The summed E-state index contributed by atoms with van der Waals surface area (Å²) in [5.74, 6) is 2.00. The second-order valence-corrected chi connectivity index (χ2v) is 9.24. The van der Waals surface area contributed by atoms with Crippen LogP contribution in [0, 0.1) is 6.92 Å². The Morgan fingerprint density at radius 1 is 0.912 bits per heavy atom. The first-order valence-electron chi connectivity index (χ1n) is 12.2. The number of phenols is 1. The molecular weight excluding hydrogens is 428 g/mol. The number of aromatic hydroxyl groups is 1. The Labute approximate surface area is 199 Å². The van der Waals surface area contributed by atoms with Gasteiger partial charge in [-0.3, -0.25) is 4.98 Å². The fraction of sp³-hybridized carbons (Fsp3) is 0.423. The molecule has 2 aromatic heterocycles. The third kappa shape index (κ3) is 3.72. The van der Waals surface area contributed by atoms with Crippen LogP contribution >= 0.6 is 0 Å². The summed E-state index contributed by atoms with van der Waals surface area (Å²) in [4.78, 5) is 21.0. The molecule has 0 aliphatic carbocycles. The minimum atomic E-state index is 0.334. The molecule has 0 bridgehead atoms. The zero-order valence-electron chi connectivity index (χ0n) is 19.6. The summed E-state index contributed by atoms with van der Waals surface area (Å²) >= 11 is 0. The molecule has 1 N–H and O–H groups in total. The van der Waals surface area contributed by atoms with Crippen LogP contribution in [0.15, 0.2) is 36.7 Å². The van der Waals surface area contributed by atoms with Gasteiger partial charge in [-0.15, -0.1) is 0 Å². The Bertz CT molecular complexity index is 1170. The van der Waals surface area contributed by atoms with Crippen LogP contribution in [0.25, 0.3) is 11.3 Å². The molecule has 34 heavy (non-hydrogen) atoms. The number of hydrogen-bond acceptors (Lipinski definition) is 8. The molecule has 0 spiro atoms. The zero-order valence-corrected chi connectivity index (χ0v) is 19.6. The fourth-order valence-corrected chi connectivity index (χ4v) is 5.41. The lowest BCUT2D eigenvalue weighted by Gasteiger charge is -2.28. The smallest absolute Gasteiger partial charge is 0.228 e. The van der Waals surface area contributed by atoms with Crippen molar-refractivity contribution in [2.24, 2.45) is 0 Å². The second kappa shape index (κ2) is 8.76. The lowest BCUT2D eigenvalue weighted by Crippen LogP contribution is -2.37. The highest BCUT2D eigenvalue weighted by Crippen LogP contribution is 2.42. The summed E-state index contributed by atoms with van der Waals surface area (Å²) in [6.07, 6.45) is 6.83. The first-order chi connectivity index (χ1) is 16.7. The molecule has 3 aliphatic rings. The van der Waals surface area contributed by atoms with Crippen molar-refractivity contribution in [3.05, 3.63) is 47.8 Å². The monoisotopic (exact) mass is 458 g/mol. The summed E-state index contributed by atoms with van der Waals surface area (Å²) in [7, 11) is 0. The second-order valence-electron chi connectivity index (χ2n) is 9.24. The lowest BCUT2D eigenvalue weighted by atomic mass is 10.0. The lowest BCUT2D eigenvalue weighted by molar-refractivity contribution is 0.122. The Morgan fingerprint density at radius 3 is 2.41 bits per heavy atom. The van der Waals surface area contributed by atoms with E-state index in [1.165, 1.54) is 12.8 Å². The number of morpholine rings is 1. The summed E-state index contributed by atoms with van der Waals surface area (Å²) in [5, 5.41) is 11.1. The van der Waals surface area contributed by atoms with E-state index in [9.17, 15) is 5.11 Å². The summed E-state index contributed by atoms with van der Waals surface area (Å²) < 4.78 is 5.56. The molecule has 0 unspecified atom stereocenters. The third-order valence-electron chi connectivity index (χ3n) is 7.06. The highest BCUT2D eigenvalue weighted by Gasteiger charge is 2.30. The minimum absolute atomic E-state index is 0.334. The van der Waals surface area contributed by atoms with Crippen LogP contribution in [0.3, 0.4) is 0 Å². The molecule has 1 aromatic carbocycles. The van der Waals surface area contributed by atoms with Gasteiger partial charge in [0, 0.05) is 61.9 Å². The SMILES string of the molecule is Cc1cc(-c2nc(N3CCOCC3)nc3c2CCN3c2ccncc2)cc(O)c1N1CCCC1. The van der Waals surface area contributed by atoms with Gasteiger partial charge in [-0.1, -0.05) is 0 Å². The molecule has 0 radical (unpaired) electrons. The Hall–Kier alpha value is -3.39. The molecule has 6 rings (SSSR count). The highest BCUT2D eigenvalue weighted by molar-refractivity contribution is 5.80. The first-order valence-corrected chi connectivity index (χ1v) is 12.2. The molecule has 2 saturated heterocycles. The van der Waals surface area contributed by atoms with Gasteiger partial charge in [-0.25, -0.2) is 4.98 Å². The van der Waals surface area contributed by atoms with Crippen molar-refractivity contribution in [2.45, 2.75) is 26.2 Å². The molecule has 0 amide bonds. The molecule has 3 aromatic rings. The number of benzene rings is 1. The van der Waals surface area contributed by atoms with Gasteiger partial charge in [0.25, 0.3) is 0 Å². The number of aromatic nitrogens is 3. The molecule has 0 saturated carbocycles. The van der Waals surface area contributed by atoms with Crippen molar-refractivity contribution in [2.75, 3.05) is 60.6 Å². The van der Waals surface area contributed by atoms with Crippen LogP contribution < -0.4 is 14.7 Å². The Balaban J connectivity index is 1.47. The van der Waals surface area contributed by atoms with Gasteiger partial charge < -0.3 is 24.5 Å². The van der Waals surface area contributed by atoms with E-state index < -0.39 is 0 Å². The van der Waals surface area contributed by atoms with Crippen molar-refractivity contribution in [1.29, 1.82) is 0 Å². The van der Waals surface area contributed by atoms with E-state index in [-0.39, 0.29) is 0 Å². The van der Waals surface area contributed by atoms with Gasteiger partial charge in [0.15, 0.2) is 0 Å². The maximum absolute atomic E-state index is 11.1. The van der Waals surface area contributed by atoms with E-state index in [0.29, 0.717) is 19.0 Å². The first kappa shape index (κ1) is 21.2. The number of ether oxygens (including phenoxy) is 1. The number of pyridine rings is 1. The van der Waals surface area contributed by atoms with Gasteiger partial charge in [0.1, 0.15) is 11.6 Å². The standard InChI is InChI=1S/C26H30N6O2/c1-18-16-19(17-22(33)24(18)30-9-2-3-10-30)23-21-6-11-32(20-4-7-27-8-5-20)25(21)29-26(28-23)31-12-14-34-15-13-31/h4-5,7-8,16-17,33H,2-3,6,9-15H2,1H3. The van der Waals surface area contributed by atoms with Crippen molar-refractivity contribution >= 4 is 23.1 Å². The van der Waals surface area contributed by atoms with Crippen LogP contribution in [0.4, 0.5) is 23.1 Å². The van der Waals surface area contributed by atoms with Gasteiger partial charge in [-0.05, 0) is 56.0 Å². The molecule has 2 fully saturated rings. The summed E-state index contributed by atoms with van der Waals surface area (Å²) in [6.45, 7) is 7.81. The van der Waals surface area contributed by atoms with Gasteiger partial charge in [-0.2, -0.15) is 4.98 Å². The van der Waals surface area contributed by atoms with E-state index in [1.807, 2.05) is 30.6 Å². The maximum atomic E-state index is 11.1. The highest BCUT2D eigenvalue weighted by atomic mass is 16.5. The molecule has 8 nitrogen and oxygen atoms in total. The van der Waals surface area contributed by atoms with Crippen molar-refractivity contribution in [3.63, 3.8) is 0 Å². The predicted molar refractivity (Wildman–Crippen MR) is 133 cm³/mol. The van der Waals surface area contributed by atoms with Crippen molar-refractivity contribution in [3.8, 4) is 17.0 Å². The van der Waals surface area contributed by atoms with E-state index in [2.05, 4.69) is 32.7 Å². The summed E-state index contributed by atoms with van der Waals surface area (Å²) in [6, 6.07) is 8.11. The molecule has 5 heterocycles. The van der Waals surface area contributed by atoms with E-state index in [4.69, 9.17) is 14.7 Å². The summed E-state index contributed by atoms with van der Waals surface area (Å²) in [5.41, 5.74) is 6.10. The van der Waals surface area contributed by atoms with Gasteiger partial charge in [0.05, 0.1) is 24.6 Å². The average molecular weight is 459 g/mol. The number of phenolic OH excluding ortho intramolecular Hbond substituents is 1. The Kier molecular flexibility index (Phi) is 5.45. The number of fused-ring (bicyclic) bond motifs is 1. The van der Waals surface area contributed by atoms with Crippen molar-refractivity contribution < 1.29 is 9.84 Å². The van der Waals surface area contributed by atoms with E-state index in [0.717, 1.165) is 84.7 Å². The van der Waals surface area contributed by atoms with Crippen LogP contribution in [0.5, 0.6) is 5.75 Å². The maximum Gasteiger partial charge on any atom is 0.228 e. The number of anilines is 4. The van der Waals surface area contributed by atoms with E-state index >= 15 is 0 Å². The van der Waals surface area contributed by atoms with Gasteiger partial charge >= 0.3 is 0 Å². The topological polar surface area (TPSA) is 77.8 Å². The zero-order chi connectivity index (χ0) is 23.1. The minimum Gasteiger partial charge on any atom is -0.506 e. The largest absolute Gasteiger partial charge is 0.506 e. The number of aryl methyl sites for hydroxylation is 1. The van der Waals surface area contributed by atoms with Crippen molar-refractivity contribution in [1.82, 2.24) is 15.0 Å². The molecule has 0 atom stereocenters. The van der Waals surface area contributed by atoms with Crippen LogP contribution in [-0.2, 0) is 11.2 Å². The van der Waals surface area contributed by atoms with Gasteiger partial charge in [0.2, 0.25) is 5.95 Å². The fourth-order valence-electron chi connectivity index (χ4n) is 5.41. The molecule has 3 aliphatic heterocycles. The Morgan fingerprint density at radius 2 is 1.68 bits per heavy atom. The molecule has 8 heteroatoms. The normalized spacial score (nSPS) is 18.0. The van der Waals surface area contributed by atoms with E-state index in [1.54, 1.807) is 0 Å². The molecular formula is C26H30N6O2. The average Bonchev–Trinajstić information content (AvgIpc) is 3.54. The van der Waals surface area contributed by atoms with Crippen LogP contribution in [0.1, 0.15) is 24.0 Å². The number of nitrogens with zero attached hydrogens (tertiary/aromatic N) is 6. The third-order valence-corrected chi connectivity index (χ3v) is 7.06. The quantitative estimate of drug-likeness (QED) is 0.634. The predicted octanol–water partition coefficient (Wildman–Crippen LogP) is 3.68. The molecule has 176 valence electrons.